The van der Waals surface area contributed by atoms with Crippen molar-refractivity contribution in [2.75, 3.05) is 43.1 Å². The number of H-pyrrole nitrogens is 1. The molecule has 2 aliphatic heterocycles. The zero-order valence-corrected chi connectivity index (χ0v) is 37.2. The summed E-state index contributed by atoms with van der Waals surface area (Å²) in [5.74, 6) is 0.0495. The quantitative estimate of drug-likeness (QED) is 0.152. The van der Waals surface area contributed by atoms with Gasteiger partial charge in [-0.2, -0.15) is 4.98 Å². The van der Waals surface area contributed by atoms with Gasteiger partial charge < -0.3 is 20.3 Å². The van der Waals surface area contributed by atoms with Gasteiger partial charge in [0.25, 0.3) is 5.56 Å². The first-order valence-electron chi connectivity index (χ1n) is 21.4. The number of fused-ring (bicyclic) bond motifs is 2. The third kappa shape index (κ3) is 9.12. The van der Waals surface area contributed by atoms with Crippen molar-refractivity contribution in [3.05, 3.63) is 164 Å². The number of aromatic nitrogens is 4. The molecule has 0 saturated carbocycles. The summed E-state index contributed by atoms with van der Waals surface area (Å²) >= 11 is 0. The molecule has 0 amide bonds. The summed E-state index contributed by atoms with van der Waals surface area (Å²) in [6.45, 7) is 5.57. The number of allylic oxidation sites excluding steroid dienone is 2. The average Bonchev–Trinajstić information content (AvgIpc) is 3.91. The number of aromatic amines is 1. The van der Waals surface area contributed by atoms with Gasteiger partial charge in [-0.05, 0) is 114 Å². The number of halogens is 5. The predicted molar refractivity (Wildman–Crippen MR) is 249 cm³/mol. The Hall–Kier alpha value is -6.12. The van der Waals surface area contributed by atoms with Gasteiger partial charge in [0.15, 0.2) is 0 Å². The fourth-order valence-corrected chi connectivity index (χ4v) is 8.85. The molecule has 330 valence electrons. The van der Waals surface area contributed by atoms with Gasteiger partial charge in [-0.15, -0.1) is 17.0 Å². The van der Waals surface area contributed by atoms with E-state index in [0.717, 1.165) is 97.4 Å². The number of nitrogens with two attached hydrogens (primary N) is 1. The standard InChI is InChI=1S/C26H25F2N3O.C24H22F2N4O.BrH/c1-16-10-12-31(13-11-16)26-29-23(15-24(30-26)32-2)19-9-8-17-6-7-18(14-20(17)19)25-21(27)4-3-5-22(25)28;25-19-2-1-3-20(26)23(19)15-5-4-14-6-7-17(18(14)12-15)21-13-22(31)29-24(28-21)30-10-8-16(27)9-11-30;/h3-7,9,14-16H,8,10-13H2,1-2H3;1-5,7,12-13,16H,6,8-11,27H2,(H,28,29,31);1H. The smallest absolute Gasteiger partial charge is 0.252 e. The van der Waals surface area contributed by atoms with Gasteiger partial charge in [0, 0.05) is 55.5 Å². The normalized spacial score (nSPS) is 16.0. The number of piperidine rings is 2. The SMILES string of the molecule is Br.COc1cc(C2=CCc3ccc(-c4c(F)cccc4F)cc32)nc(N2CCC(C)CC2)n1.NC1CCN(c2nc(C3=CCc4ccc(-c5c(F)cccc5F)cc43)cc(=O)[nH]2)CC1. The van der Waals surface area contributed by atoms with Crippen molar-refractivity contribution < 1.29 is 22.3 Å². The molecule has 0 atom stereocenters. The Bertz CT molecular complexity index is 2790. The summed E-state index contributed by atoms with van der Waals surface area (Å²) in [5, 5.41) is 0. The van der Waals surface area contributed by atoms with E-state index in [-0.39, 0.29) is 39.7 Å². The number of rotatable bonds is 7. The maximum absolute atomic E-state index is 14.4. The number of hydrogen-bond acceptors (Lipinski definition) is 8. The van der Waals surface area contributed by atoms with Crippen LogP contribution >= 0.6 is 17.0 Å². The Balaban J connectivity index is 0.000000172. The molecule has 2 aromatic heterocycles. The van der Waals surface area contributed by atoms with Crippen molar-refractivity contribution in [1.82, 2.24) is 19.9 Å². The Morgan fingerprint density at radius 1 is 0.656 bits per heavy atom. The minimum absolute atomic E-state index is 0. The molecule has 9 nitrogen and oxygen atoms in total. The van der Waals surface area contributed by atoms with Gasteiger partial charge >= 0.3 is 0 Å². The van der Waals surface area contributed by atoms with Crippen LogP contribution in [0.5, 0.6) is 5.88 Å². The van der Waals surface area contributed by atoms with E-state index in [1.165, 1.54) is 42.5 Å². The summed E-state index contributed by atoms with van der Waals surface area (Å²) < 4.78 is 62.9. The zero-order chi connectivity index (χ0) is 43.8. The molecule has 3 N–H and O–H groups in total. The Kier molecular flexibility index (Phi) is 13.2. The number of ether oxygens (including phenoxy) is 1. The lowest BCUT2D eigenvalue weighted by molar-refractivity contribution is 0.393. The summed E-state index contributed by atoms with van der Waals surface area (Å²) in [6, 6.07) is 22.2. The van der Waals surface area contributed by atoms with Crippen molar-refractivity contribution in [2.45, 2.75) is 51.5 Å². The van der Waals surface area contributed by atoms with Gasteiger partial charge in [0.2, 0.25) is 17.8 Å². The third-order valence-electron chi connectivity index (χ3n) is 12.4. The van der Waals surface area contributed by atoms with Crippen LogP contribution < -0.4 is 25.8 Å². The molecule has 0 unspecified atom stereocenters. The van der Waals surface area contributed by atoms with Crippen molar-refractivity contribution in [3.8, 4) is 28.1 Å². The Morgan fingerprint density at radius 2 is 1.16 bits per heavy atom. The molecule has 0 spiro atoms. The zero-order valence-electron chi connectivity index (χ0n) is 35.5. The highest BCUT2D eigenvalue weighted by Gasteiger charge is 2.26. The molecular formula is C50H48BrF4N7O2. The first kappa shape index (κ1) is 44.5. The van der Waals surface area contributed by atoms with Crippen molar-refractivity contribution >= 4 is 40.0 Å². The van der Waals surface area contributed by atoms with E-state index in [9.17, 15) is 22.4 Å². The van der Waals surface area contributed by atoms with Gasteiger partial charge in [-0.3, -0.25) is 9.78 Å². The average molecular weight is 935 g/mol. The molecule has 14 heteroatoms. The van der Waals surface area contributed by atoms with Crippen LogP contribution in [0, 0.1) is 29.2 Å². The minimum Gasteiger partial charge on any atom is -0.481 e. The molecule has 2 saturated heterocycles. The van der Waals surface area contributed by atoms with E-state index in [2.05, 4.69) is 27.9 Å². The molecule has 4 heterocycles. The Labute approximate surface area is 379 Å². The molecular weight excluding hydrogens is 886 g/mol. The van der Waals surface area contributed by atoms with Crippen LogP contribution in [0.15, 0.2) is 102 Å². The first-order valence-corrected chi connectivity index (χ1v) is 21.4. The van der Waals surface area contributed by atoms with Crippen LogP contribution in [0.1, 0.15) is 66.2 Å². The number of nitrogens with one attached hydrogen (secondary N) is 1. The summed E-state index contributed by atoms with van der Waals surface area (Å²) in [7, 11) is 1.60. The molecule has 4 aromatic carbocycles. The van der Waals surface area contributed by atoms with E-state index < -0.39 is 23.3 Å². The lowest BCUT2D eigenvalue weighted by Crippen LogP contribution is -2.41. The highest BCUT2D eigenvalue weighted by molar-refractivity contribution is 8.93. The lowest BCUT2D eigenvalue weighted by atomic mass is 9.96. The van der Waals surface area contributed by atoms with Crippen LogP contribution in [0.4, 0.5) is 29.5 Å². The molecule has 2 aliphatic carbocycles. The fraction of sp³-hybridized carbons (Fsp3) is 0.280. The van der Waals surface area contributed by atoms with Gasteiger partial charge in [0.05, 0.1) is 29.6 Å². The van der Waals surface area contributed by atoms with Crippen LogP contribution in [-0.4, -0.2) is 59.3 Å². The number of methoxy groups -OCH3 is 1. The molecule has 64 heavy (non-hydrogen) atoms. The van der Waals surface area contributed by atoms with E-state index in [4.69, 9.17) is 20.4 Å². The largest absolute Gasteiger partial charge is 0.481 e. The second kappa shape index (κ2) is 18.9. The van der Waals surface area contributed by atoms with Gasteiger partial charge in [-0.25, -0.2) is 27.5 Å². The number of anilines is 2. The maximum atomic E-state index is 14.4. The van der Waals surface area contributed by atoms with Crippen molar-refractivity contribution in [3.63, 3.8) is 0 Å². The topological polar surface area (TPSA) is 113 Å². The van der Waals surface area contributed by atoms with Crippen molar-refractivity contribution in [2.24, 2.45) is 11.7 Å². The minimum atomic E-state index is -0.608. The Morgan fingerprint density at radius 3 is 1.67 bits per heavy atom. The van der Waals surface area contributed by atoms with Gasteiger partial charge in [-0.1, -0.05) is 55.5 Å². The molecule has 6 aromatic rings. The van der Waals surface area contributed by atoms with Crippen LogP contribution in [-0.2, 0) is 12.8 Å². The van der Waals surface area contributed by atoms with Crippen molar-refractivity contribution in [1.29, 1.82) is 0 Å². The number of nitrogens with zero attached hydrogens (tertiary/aromatic N) is 5. The molecule has 10 rings (SSSR count). The van der Waals surface area contributed by atoms with Gasteiger partial charge in [0.1, 0.15) is 23.3 Å². The number of benzene rings is 4. The summed E-state index contributed by atoms with van der Waals surface area (Å²) in [5.41, 5.74) is 13.6. The van der Waals surface area contributed by atoms with E-state index in [0.29, 0.717) is 46.9 Å². The number of hydrogen-bond donors (Lipinski definition) is 2. The molecule has 2 fully saturated rings. The fourth-order valence-electron chi connectivity index (χ4n) is 8.85. The third-order valence-corrected chi connectivity index (χ3v) is 12.4. The van der Waals surface area contributed by atoms with E-state index in [1.807, 2.05) is 35.2 Å². The lowest BCUT2D eigenvalue weighted by Gasteiger charge is -2.30. The predicted octanol–water partition coefficient (Wildman–Crippen LogP) is 9.86. The second-order valence-corrected chi connectivity index (χ2v) is 16.6. The maximum Gasteiger partial charge on any atom is 0.252 e. The van der Waals surface area contributed by atoms with Crippen LogP contribution in [0.3, 0.4) is 0 Å². The van der Waals surface area contributed by atoms with E-state index >= 15 is 0 Å². The second-order valence-electron chi connectivity index (χ2n) is 16.6. The molecule has 0 radical (unpaired) electrons. The highest BCUT2D eigenvalue weighted by Crippen LogP contribution is 2.39. The van der Waals surface area contributed by atoms with E-state index in [1.54, 1.807) is 25.3 Å². The summed E-state index contributed by atoms with van der Waals surface area (Å²) in [4.78, 5) is 33.6. The first-order chi connectivity index (χ1) is 30.5. The molecule has 4 aliphatic rings. The van der Waals surface area contributed by atoms with Crippen LogP contribution in [0.25, 0.3) is 33.4 Å². The monoisotopic (exact) mass is 933 g/mol. The summed E-state index contributed by atoms with van der Waals surface area (Å²) in [6.07, 6.45) is 9.44. The molecule has 0 bridgehead atoms. The van der Waals surface area contributed by atoms with Crippen LogP contribution in [0.2, 0.25) is 0 Å². The highest BCUT2D eigenvalue weighted by atomic mass is 79.9.